The Hall–Kier alpha value is -3.15. The van der Waals surface area contributed by atoms with Crippen LogP contribution in [0.5, 0.6) is 0 Å². The van der Waals surface area contributed by atoms with Crippen molar-refractivity contribution in [2.45, 2.75) is 52.7 Å². The van der Waals surface area contributed by atoms with Gasteiger partial charge < -0.3 is 15.2 Å². The van der Waals surface area contributed by atoms with E-state index in [9.17, 15) is 9.59 Å². The Morgan fingerprint density at radius 2 is 1.81 bits per heavy atom. The molecule has 0 bridgehead atoms. The molecule has 0 aliphatic carbocycles. The summed E-state index contributed by atoms with van der Waals surface area (Å²) in [6, 6.07) is 14.7. The smallest absolute Gasteiger partial charge is 0.255 e. The Bertz CT molecular complexity index is 1070. The highest BCUT2D eigenvalue weighted by atomic mass is 16.2. The molecule has 0 saturated heterocycles. The number of fused-ring (bicyclic) bond motifs is 2. The third kappa shape index (κ3) is 4.20. The third-order valence-corrected chi connectivity index (χ3v) is 5.89. The van der Waals surface area contributed by atoms with Gasteiger partial charge in [0.05, 0.1) is 17.1 Å². The van der Waals surface area contributed by atoms with E-state index >= 15 is 0 Å². The normalized spacial score (nSPS) is 15.5. The second-order valence-corrected chi connectivity index (χ2v) is 9.11. The lowest BCUT2D eigenvalue weighted by Gasteiger charge is -2.30. The molecule has 4 rings (SSSR count). The molecule has 0 fully saturated rings. The molecule has 31 heavy (non-hydrogen) atoms. The molecule has 6 nitrogen and oxygen atoms in total. The zero-order valence-corrected chi connectivity index (χ0v) is 18.6. The van der Waals surface area contributed by atoms with Crippen molar-refractivity contribution in [2.24, 2.45) is 11.8 Å². The molecule has 0 radical (unpaired) electrons. The fourth-order valence-electron chi connectivity index (χ4n) is 4.27. The maximum absolute atomic E-state index is 13.5. The molecule has 1 aliphatic rings. The molecule has 0 unspecified atom stereocenters. The zero-order valence-electron chi connectivity index (χ0n) is 18.6. The van der Waals surface area contributed by atoms with Crippen LogP contribution in [0.3, 0.4) is 0 Å². The van der Waals surface area contributed by atoms with Gasteiger partial charge in [0, 0.05) is 12.1 Å². The van der Waals surface area contributed by atoms with Crippen LogP contribution in [0.4, 0.5) is 0 Å². The van der Waals surface area contributed by atoms with Crippen LogP contribution >= 0.6 is 0 Å². The number of imidazole rings is 1. The second kappa shape index (κ2) is 8.53. The fraction of sp³-hybridized carbons (Fsp3) is 0.400. The lowest BCUT2D eigenvalue weighted by atomic mass is 9.99. The molecule has 3 aromatic rings. The summed E-state index contributed by atoms with van der Waals surface area (Å²) in [5, 5.41) is 3.20. The highest BCUT2D eigenvalue weighted by Gasteiger charge is 2.37. The van der Waals surface area contributed by atoms with Crippen molar-refractivity contribution in [3.05, 3.63) is 65.5 Å². The molecule has 2 aromatic carbocycles. The molecule has 6 heteroatoms. The fourth-order valence-corrected chi connectivity index (χ4v) is 4.27. The SMILES string of the molecule is CC(C)C[C@@H](C(=O)N[C@H](c1nc2ccccc2[nH]1)C(C)C)N1Cc2ccccc2C1=O. The van der Waals surface area contributed by atoms with Crippen molar-refractivity contribution in [3.63, 3.8) is 0 Å². The highest BCUT2D eigenvalue weighted by Crippen LogP contribution is 2.28. The van der Waals surface area contributed by atoms with E-state index in [1.54, 1.807) is 4.90 Å². The van der Waals surface area contributed by atoms with Crippen molar-refractivity contribution in [2.75, 3.05) is 0 Å². The van der Waals surface area contributed by atoms with Gasteiger partial charge in [0.2, 0.25) is 5.91 Å². The number of aromatic nitrogens is 2. The van der Waals surface area contributed by atoms with Gasteiger partial charge >= 0.3 is 0 Å². The molecule has 1 aliphatic heterocycles. The summed E-state index contributed by atoms with van der Waals surface area (Å²) >= 11 is 0. The molecule has 0 saturated carbocycles. The number of carbonyl (C=O) groups is 2. The number of hydrogen-bond acceptors (Lipinski definition) is 3. The lowest BCUT2D eigenvalue weighted by molar-refractivity contribution is -0.127. The van der Waals surface area contributed by atoms with Gasteiger partial charge in [0.15, 0.2) is 0 Å². The summed E-state index contributed by atoms with van der Waals surface area (Å²) < 4.78 is 0. The zero-order chi connectivity index (χ0) is 22.1. The number of nitrogens with zero attached hydrogens (tertiary/aromatic N) is 2. The monoisotopic (exact) mass is 418 g/mol. The van der Waals surface area contributed by atoms with Crippen LogP contribution in [0.2, 0.25) is 0 Å². The van der Waals surface area contributed by atoms with Crippen LogP contribution in [0, 0.1) is 11.8 Å². The Kier molecular flexibility index (Phi) is 5.81. The van der Waals surface area contributed by atoms with Crippen molar-refractivity contribution in [1.82, 2.24) is 20.2 Å². The van der Waals surface area contributed by atoms with Crippen LogP contribution in [0.1, 0.15) is 61.9 Å². The van der Waals surface area contributed by atoms with Crippen LogP contribution < -0.4 is 5.32 Å². The molecule has 2 heterocycles. The van der Waals surface area contributed by atoms with Gasteiger partial charge in [-0.15, -0.1) is 0 Å². The minimum atomic E-state index is -0.523. The van der Waals surface area contributed by atoms with Crippen LogP contribution in [-0.4, -0.2) is 32.7 Å². The Morgan fingerprint density at radius 1 is 1.10 bits per heavy atom. The second-order valence-electron chi connectivity index (χ2n) is 9.11. The van der Waals surface area contributed by atoms with E-state index in [0.717, 1.165) is 22.4 Å². The number of nitrogens with one attached hydrogen (secondary N) is 2. The van der Waals surface area contributed by atoms with Crippen molar-refractivity contribution >= 4 is 22.8 Å². The van der Waals surface area contributed by atoms with E-state index in [2.05, 4.69) is 38.0 Å². The molecule has 0 spiro atoms. The van der Waals surface area contributed by atoms with Gasteiger partial charge in [-0.1, -0.05) is 58.0 Å². The number of benzene rings is 2. The number of hydrogen-bond donors (Lipinski definition) is 2. The summed E-state index contributed by atoms with van der Waals surface area (Å²) in [4.78, 5) is 36.3. The number of H-pyrrole nitrogens is 1. The molecule has 2 atom stereocenters. The van der Waals surface area contributed by atoms with E-state index in [4.69, 9.17) is 4.98 Å². The van der Waals surface area contributed by atoms with Crippen molar-refractivity contribution < 1.29 is 9.59 Å². The summed E-state index contributed by atoms with van der Waals surface area (Å²) in [7, 11) is 0. The lowest BCUT2D eigenvalue weighted by Crippen LogP contribution is -2.49. The molecular formula is C25H30N4O2. The van der Waals surface area contributed by atoms with Gasteiger partial charge in [-0.05, 0) is 42.0 Å². The quantitative estimate of drug-likeness (QED) is 0.595. The average molecular weight is 419 g/mol. The van der Waals surface area contributed by atoms with E-state index < -0.39 is 6.04 Å². The maximum Gasteiger partial charge on any atom is 0.255 e. The van der Waals surface area contributed by atoms with Gasteiger partial charge in [-0.2, -0.15) is 0 Å². The predicted molar refractivity (Wildman–Crippen MR) is 121 cm³/mol. The summed E-state index contributed by atoms with van der Waals surface area (Å²) in [6.45, 7) is 8.75. The van der Waals surface area contributed by atoms with Crippen molar-refractivity contribution in [3.8, 4) is 0 Å². The molecule has 2 N–H and O–H groups in total. The van der Waals surface area contributed by atoms with E-state index in [1.165, 1.54) is 0 Å². The van der Waals surface area contributed by atoms with E-state index in [0.29, 0.717) is 18.5 Å². The number of carbonyl (C=O) groups excluding carboxylic acids is 2. The minimum absolute atomic E-state index is 0.0683. The van der Waals surface area contributed by atoms with Gasteiger partial charge in [-0.3, -0.25) is 9.59 Å². The Balaban J connectivity index is 1.60. The number of rotatable bonds is 7. The summed E-state index contributed by atoms with van der Waals surface area (Å²) in [5.41, 5.74) is 3.50. The first-order chi connectivity index (χ1) is 14.8. The first kappa shape index (κ1) is 21.1. The third-order valence-electron chi connectivity index (χ3n) is 5.89. The van der Waals surface area contributed by atoms with E-state index in [-0.39, 0.29) is 29.7 Å². The van der Waals surface area contributed by atoms with Crippen LogP contribution in [0.25, 0.3) is 11.0 Å². The number of para-hydroxylation sites is 2. The number of amides is 2. The maximum atomic E-state index is 13.5. The summed E-state index contributed by atoms with van der Waals surface area (Å²) in [5.74, 6) is 0.950. The standard InChI is InChI=1S/C25H30N4O2/c1-15(2)13-21(29-14-17-9-5-6-10-18(17)25(29)31)24(30)28-22(16(3)4)23-26-19-11-7-8-12-20(19)27-23/h5-12,15-16,21-22H,13-14H2,1-4H3,(H,26,27)(H,28,30)/t21-,22-/m0/s1. The van der Waals surface area contributed by atoms with Gasteiger partial charge in [0.1, 0.15) is 11.9 Å². The minimum Gasteiger partial charge on any atom is -0.344 e. The van der Waals surface area contributed by atoms with Crippen molar-refractivity contribution in [1.29, 1.82) is 0 Å². The van der Waals surface area contributed by atoms with Crippen LogP contribution in [0.15, 0.2) is 48.5 Å². The molecule has 2 amide bonds. The first-order valence-corrected chi connectivity index (χ1v) is 11.0. The molecule has 162 valence electrons. The predicted octanol–water partition coefficient (Wildman–Crippen LogP) is 4.45. The van der Waals surface area contributed by atoms with Crippen LogP contribution in [-0.2, 0) is 11.3 Å². The van der Waals surface area contributed by atoms with Gasteiger partial charge in [0.25, 0.3) is 5.91 Å². The van der Waals surface area contributed by atoms with Gasteiger partial charge in [-0.25, -0.2) is 4.98 Å². The molecular weight excluding hydrogens is 388 g/mol. The molecule has 1 aromatic heterocycles. The Morgan fingerprint density at radius 3 is 2.48 bits per heavy atom. The largest absolute Gasteiger partial charge is 0.344 e. The number of aromatic amines is 1. The Labute approximate surface area is 183 Å². The first-order valence-electron chi connectivity index (χ1n) is 11.0. The average Bonchev–Trinajstić information content (AvgIpc) is 3.31. The summed E-state index contributed by atoms with van der Waals surface area (Å²) in [6.07, 6.45) is 0.608. The highest BCUT2D eigenvalue weighted by molar-refractivity contribution is 6.01. The topological polar surface area (TPSA) is 78.1 Å². The van der Waals surface area contributed by atoms with E-state index in [1.807, 2.05) is 48.5 Å².